The Hall–Kier alpha value is -2.44. The highest BCUT2D eigenvalue weighted by atomic mass is 19.4. The van der Waals surface area contributed by atoms with E-state index in [-0.39, 0.29) is 11.3 Å². The van der Waals surface area contributed by atoms with E-state index in [9.17, 15) is 18.0 Å². The Bertz CT molecular complexity index is 699. The first-order valence-corrected chi connectivity index (χ1v) is 6.62. The van der Waals surface area contributed by atoms with Crippen LogP contribution in [0, 0.1) is 6.92 Å². The van der Waals surface area contributed by atoms with Crippen molar-refractivity contribution < 1.29 is 18.0 Å². The molecule has 2 rings (SSSR count). The number of halogens is 3. The number of aryl methyl sites for hydroxylation is 2. The third-order valence-electron chi connectivity index (χ3n) is 3.04. The van der Waals surface area contributed by atoms with E-state index in [1.807, 2.05) is 6.92 Å². The molecule has 0 bridgehead atoms. The van der Waals surface area contributed by atoms with Crippen molar-refractivity contribution in [1.29, 1.82) is 0 Å². The van der Waals surface area contributed by atoms with Crippen LogP contribution in [-0.2, 0) is 12.6 Å². The third-order valence-corrected chi connectivity index (χ3v) is 3.04. The maximum Gasteiger partial charge on any atom is 0.416 e. The van der Waals surface area contributed by atoms with Gasteiger partial charge >= 0.3 is 6.18 Å². The fourth-order valence-corrected chi connectivity index (χ4v) is 1.88. The largest absolute Gasteiger partial charge is 0.416 e. The Morgan fingerprint density at radius 1 is 1.32 bits per heavy atom. The minimum Gasteiger partial charge on any atom is -0.322 e. The van der Waals surface area contributed by atoms with Crippen molar-refractivity contribution in [2.45, 2.75) is 26.4 Å². The molecule has 4 nitrogen and oxygen atoms in total. The first kappa shape index (κ1) is 15.9. The molecule has 0 atom stereocenters. The molecule has 116 valence electrons. The quantitative estimate of drug-likeness (QED) is 0.942. The van der Waals surface area contributed by atoms with Gasteiger partial charge in [-0.15, -0.1) is 0 Å². The second-order valence-electron chi connectivity index (χ2n) is 4.67. The van der Waals surface area contributed by atoms with Crippen LogP contribution in [0.3, 0.4) is 0 Å². The second-order valence-corrected chi connectivity index (χ2v) is 4.67. The molecule has 1 aromatic heterocycles. The number of amides is 1. The van der Waals surface area contributed by atoms with Gasteiger partial charge in [-0.1, -0.05) is 13.0 Å². The minimum atomic E-state index is -4.46. The van der Waals surface area contributed by atoms with Gasteiger partial charge in [-0.3, -0.25) is 4.79 Å². The molecule has 0 saturated carbocycles. The maximum absolute atomic E-state index is 12.6. The zero-order valence-corrected chi connectivity index (χ0v) is 12.0. The molecule has 0 aliphatic rings. The lowest BCUT2D eigenvalue weighted by atomic mass is 10.1. The summed E-state index contributed by atoms with van der Waals surface area (Å²) in [6.07, 6.45) is -2.44. The SMILES string of the molecule is CCc1ncc(C(=O)Nc2cccc(C(F)(F)F)c2)c(C)n1. The van der Waals surface area contributed by atoms with Crippen LogP contribution in [0.25, 0.3) is 0 Å². The number of hydrogen-bond acceptors (Lipinski definition) is 3. The predicted molar refractivity (Wildman–Crippen MR) is 75.5 cm³/mol. The van der Waals surface area contributed by atoms with E-state index in [2.05, 4.69) is 15.3 Å². The number of anilines is 1. The van der Waals surface area contributed by atoms with Crippen LogP contribution in [0.1, 0.15) is 34.4 Å². The molecule has 0 aliphatic heterocycles. The van der Waals surface area contributed by atoms with Crippen molar-refractivity contribution in [1.82, 2.24) is 9.97 Å². The highest BCUT2D eigenvalue weighted by Gasteiger charge is 2.30. The van der Waals surface area contributed by atoms with E-state index in [1.165, 1.54) is 18.3 Å². The molecular formula is C15H14F3N3O. The van der Waals surface area contributed by atoms with Gasteiger partial charge in [0.1, 0.15) is 5.82 Å². The molecule has 0 spiro atoms. The zero-order valence-electron chi connectivity index (χ0n) is 12.0. The summed E-state index contributed by atoms with van der Waals surface area (Å²) in [6, 6.07) is 4.46. The number of benzene rings is 1. The molecule has 0 fully saturated rings. The van der Waals surface area contributed by atoms with Crippen molar-refractivity contribution >= 4 is 11.6 Å². The summed E-state index contributed by atoms with van der Waals surface area (Å²) in [7, 11) is 0. The van der Waals surface area contributed by atoms with E-state index in [1.54, 1.807) is 6.92 Å². The summed E-state index contributed by atoms with van der Waals surface area (Å²) in [4.78, 5) is 20.3. The van der Waals surface area contributed by atoms with Crippen LogP contribution >= 0.6 is 0 Å². The van der Waals surface area contributed by atoms with Crippen LogP contribution in [-0.4, -0.2) is 15.9 Å². The molecule has 1 heterocycles. The van der Waals surface area contributed by atoms with Crippen LogP contribution in [0.4, 0.5) is 18.9 Å². The molecule has 0 saturated heterocycles. The molecule has 0 radical (unpaired) electrons. The number of hydrogen-bond donors (Lipinski definition) is 1. The summed E-state index contributed by atoms with van der Waals surface area (Å²) in [6.45, 7) is 3.54. The maximum atomic E-state index is 12.6. The molecule has 1 aromatic carbocycles. The lowest BCUT2D eigenvalue weighted by Crippen LogP contribution is -2.16. The van der Waals surface area contributed by atoms with Crippen LogP contribution in [0.5, 0.6) is 0 Å². The van der Waals surface area contributed by atoms with Crippen LogP contribution < -0.4 is 5.32 Å². The van der Waals surface area contributed by atoms with Gasteiger partial charge < -0.3 is 5.32 Å². The Morgan fingerprint density at radius 3 is 2.64 bits per heavy atom. The number of nitrogens with one attached hydrogen (secondary N) is 1. The zero-order chi connectivity index (χ0) is 16.3. The summed E-state index contributed by atoms with van der Waals surface area (Å²) >= 11 is 0. The van der Waals surface area contributed by atoms with E-state index < -0.39 is 17.6 Å². The summed E-state index contributed by atoms with van der Waals surface area (Å²) < 4.78 is 37.9. The molecule has 0 unspecified atom stereocenters. The predicted octanol–water partition coefficient (Wildman–Crippen LogP) is 3.62. The summed E-state index contributed by atoms with van der Waals surface area (Å²) in [5.74, 6) is 0.0626. The average Bonchev–Trinajstić information content (AvgIpc) is 2.46. The Balaban J connectivity index is 2.22. The van der Waals surface area contributed by atoms with Crippen molar-refractivity contribution in [3.05, 3.63) is 53.1 Å². The molecule has 0 aliphatic carbocycles. The van der Waals surface area contributed by atoms with E-state index >= 15 is 0 Å². The summed E-state index contributed by atoms with van der Waals surface area (Å²) in [5.41, 5.74) is -0.0377. The standard InChI is InChI=1S/C15H14F3N3O/c1-3-13-19-8-12(9(2)20-13)14(22)21-11-6-4-5-10(7-11)15(16,17)18/h4-8H,3H2,1-2H3,(H,21,22). The van der Waals surface area contributed by atoms with E-state index in [4.69, 9.17) is 0 Å². The highest BCUT2D eigenvalue weighted by Crippen LogP contribution is 2.30. The van der Waals surface area contributed by atoms with Crippen LogP contribution in [0.2, 0.25) is 0 Å². The number of carbonyl (C=O) groups is 1. The first-order valence-electron chi connectivity index (χ1n) is 6.62. The van der Waals surface area contributed by atoms with Gasteiger partial charge in [0.05, 0.1) is 16.8 Å². The lowest BCUT2D eigenvalue weighted by Gasteiger charge is -2.10. The van der Waals surface area contributed by atoms with Gasteiger partial charge in [0.2, 0.25) is 0 Å². The fourth-order valence-electron chi connectivity index (χ4n) is 1.88. The van der Waals surface area contributed by atoms with Gasteiger partial charge in [0.15, 0.2) is 0 Å². The average molecular weight is 309 g/mol. The Kier molecular flexibility index (Phi) is 4.44. The number of rotatable bonds is 3. The van der Waals surface area contributed by atoms with Gasteiger partial charge in [-0.25, -0.2) is 9.97 Å². The summed E-state index contributed by atoms with van der Waals surface area (Å²) in [5, 5.41) is 2.43. The fraction of sp³-hybridized carbons (Fsp3) is 0.267. The van der Waals surface area contributed by atoms with Crippen LogP contribution in [0.15, 0.2) is 30.5 Å². The van der Waals surface area contributed by atoms with E-state index in [0.717, 1.165) is 12.1 Å². The minimum absolute atomic E-state index is 0.0683. The third kappa shape index (κ3) is 3.60. The van der Waals surface area contributed by atoms with E-state index in [0.29, 0.717) is 17.9 Å². The Labute approximate surface area is 125 Å². The van der Waals surface area contributed by atoms with Gasteiger partial charge in [0.25, 0.3) is 5.91 Å². The van der Waals surface area contributed by atoms with Gasteiger partial charge in [-0.2, -0.15) is 13.2 Å². The number of carbonyl (C=O) groups excluding carboxylic acids is 1. The molecule has 1 N–H and O–H groups in total. The molecule has 1 amide bonds. The topological polar surface area (TPSA) is 54.9 Å². The van der Waals surface area contributed by atoms with Crippen molar-refractivity contribution in [3.63, 3.8) is 0 Å². The highest BCUT2D eigenvalue weighted by molar-refractivity contribution is 6.04. The van der Waals surface area contributed by atoms with Crippen molar-refractivity contribution in [2.24, 2.45) is 0 Å². The molecule has 7 heteroatoms. The molecular weight excluding hydrogens is 295 g/mol. The normalized spacial score (nSPS) is 11.3. The van der Waals surface area contributed by atoms with Gasteiger partial charge in [0, 0.05) is 18.3 Å². The molecule has 22 heavy (non-hydrogen) atoms. The number of alkyl halides is 3. The monoisotopic (exact) mass is 309 g/mol. The Morgan fingerprint density at radius 2 is 2.05 bits per heavy atom. The number of nitrogens with zero attached hydrogens (tertiary/aromatic N) is 2. The number of aromatic nitrogens is 2. The lowest BCUT2D eigenvalue weighted by molar-refractivity contribution is -0.137. The molecule has 2 aromatic rings. The van der Waals surface area contributed by atoms with Crippen molar-refractivity contribution in [2.75, 3.05) is 5.32 Å². The van der Waals surface area contributed by atoms with Gasteiger partial charge in [-0.05, 0) is 25.1 Å². The second kappa shape index (κ2) is 6.13. The van der Waals surface area contributed by atoms with Crippen molar-refractivity contribution in [3.8, 4) is 0 Å². The first-order chi connectivity index (χ1) is 10.3. The smallest absolute Gasteiger partial charge is 0.322 e.